The molecular weight excluding hydrogens is 204 g/mol. The van der Waals surface area contributed by atoms with Crippen LogP contribution in [0.2, 0.25) is 0 Å². The first-order valence-electron chi connectivity index (χ1n) is 6.05. The minimum atomic E-state index is 0.266. The van der Waals surface area contributed by atoms with Gasteiger partial charge in [0.2, 0.25) is 0 Å². The Morgan fingerprint density at radius 3 is 2.47 bits per heavy atom. The van der Waals surface area contributed by atoms with Gasteiger partial charge in [-0.2, -0.15) is 0 Å². The summed E-state index contributed by atoms with van der Waals surface area (Å²) >= 11 is 6.41. The van der Waals surface area contributed by atoms with Gasteiger partial charge in [0.05, 0.1) is 5.38 Å². The lowest BCUT2D eigenvalue weighted by Crippen LogP contribution is -2.10. The van der Waals surface area contributed by atoms with Gasteiger partial charge in [-0.1, -0.05) is 19.1 Å². The van der Waals surface area contributed by atoms with Gasteiger partial charge in [0.25, 0.3) is 0 Å². The minimum absolute atomic E-state index is 0.266. The number of halogens is 1. The van der Waals surface area contributed by atoms with Crippen molar-refractivity contribution < 1.29 is 0 Å². The number of aryl methyl sites for hydroxylation is 2. The summed E-state index contributed by atoms with van der Waals surface area (Å²) in [5, 5.41) is 0.266. The zero-order chi connectivity index (χ0) is 10.4. The van der Waals surface area contributed by atoms with Crippen LogP contribution in [0.25, 0.3) is 0 Å². The first-order valence-corrected chi connectivity index (χ1v) is 6.49. The fourth-order valence-electron chi connectivity index (χ4n) is 3.07. The van der Waals surface area contributed by atoms with Crippen LogP contribution >= 0.6 is 11.6 Å². The molecule has 2 unspecified atom stereocenters. The van der Waals surface area contributed by atoms with E-state index in [-0.39, 0.29) is 5.38 Å². The van der Waals surface area contributed by atoms with E-state index in [2.05, 4.69) is 19.1 Å². The molecule has 0 fully saturated rings. The Balaban J connectivity index is 2.15. The van der Waals surface area contributed by atoms with E-state index >= 15 is 0 Å². The van der Waals surface area contributed by atoms with Crippen LogP contribution in [0.15, 0.2) is 12.1 Å². The van der Waals surface area contributed by atoms with Crippen LogP contribution in [0.4, 0.5) is 0 Å². The van der Waals surface area contributed by atoms with Gasteiger partial charge in [-0.25, -0.2) is 0 Å². The molecule has 2 aliphatic carbocycles. The van der Waals surface area contributed by atoms with E-state index in [1.54, 1.807) is 11.1 Å². The van der Waals surface area contributed by atoms with Crippen molar-refractivity contribution in [1.29, 1.82) is 0 Å². The Hall–Kier alpha value is -0.490. The second-order valence-electron chi connectivity index (χ2n) is 5.05. The minimum Gasteiger partial charge on any atom is -0.118 e. The quantitative estimate of drug-likeness (QED) is 0.571. The average molecular weight is 221 g/mol. The highest BCUT2D eigenvalue weighted by Gasteiger charge is 2.25. The van der Waals surface area contributed by atoms with Crippen molar-refractivity contribution in [2.75, 3.05) is 0 Å². The number of hydrogen-bond donors (Lipinski definition) is 0. The van der Waals surface area contributed by atoms with E-state index in [4.69, 9.17) is 11.6 Å². The second kappa shape index (κ2) is 3.52. The summed E-state index contributed by atoms with van der Waals surface area (Å²) in [7, 11) is 0. The third-order valence-electron chi connectivity index (χ3n) is 4.02. The van der Waals surface area contributed by atoms with Crippen LogP contribution in [0.3, 0.4) is 0 Å². The van der Waals surface area contributed by atoms with Crippen molar-refractivity contribution in [3.8, 4) is 0 Å². The summed E-state index contributed by atoms with van der Waals surface area (Å²) < 4.78 is 0. The van der Waals surface area contributed by atoms with E-state index in [1.165, 1.54) is 36.8 Å². The molecule has 0 heterocycles. The van der Waals surface area contributed by atoms with Crippen molar-refractivity contribution in [2.45, 2.75) is 50.3 Å². The Bertz CT molecular complexity index is 358. The summed E-state index contributed by atoms with van der Waals surface area (Å²) in [4.78, 5) is 0. The third kappa shape index (κ3) is 1.50. The molecule has 80 valence electrons. The molecule has 3 rings (SSSR count). The van der Waals surface area contributed by atoms with Gasteiger partial charge in [-0.15, -0.1) is 11.6 Å². The van der Waals surface area contributed by atoms with Crippen LogP contribution < -0.4 is 0 Å². The zero-order valence-corrected chi connectivity index (χ0v) is 9.98. The summed E-state index contributed by atoms with van der Waals surface area (Å²) in [5.74, 6) is 0.709. The smallest absolute Gasteiger partial charge is 0.0588 e. The molecule has 0 saturated carbocycles. The van der Waals surface area contributed by atoms with Crippen LogP contribution in [0.5, 0.6) is 0 Å². The molecule has 0 saturated heterocycles. The molecular formula is C14H17Cl. The molecule has 0 aliphatic heterocycles. The van der Waals surface area contributed by atoms with Crippen LogP contribution in [0.1, 0.15) is 59.7 Å². The molecule has 0 nitrogen and oxygen atoms in total. The zero-order valence-electron chi connectivity index (χ0n) is 9.22. The highest BCUT2D eigenvalue weighted by molar-refractivity contribution is 6.21. The molecule has 0 spiro atoms. The molecule has 15 heavy (non-hydrogen) atoms. The van der Waals surface area contributed by atoms with Crippen LogP contribution in [0, 0.1) is 0 Å². The second-order valence-corrected chi connectivity index (χ2v) is 5.58. The summed E-state index contributed by atoms with van der Waals surface area (Å²) in [6.07, 6.45) is 6.27. The summed E-state index contributed by atoms with van der Waals surface area (Å²) in [6.45, 7) is 2.34. The largest absolute Gasteiger partial charge is 0.118 e. The molecule has 1 heteroatoms. The highest BCUT2D eigenvalue weighted by atomic mass is 35.5. The lowest BCUT2D eigenvalue weighted by atomic mass is 9.82. The monoisotopic (exact) mass is 220 g/mol. The topological polar surface area (TPSA) is 0 Å². The molecule has 0 N–H and O–H groups in total. The SMILES string of the molecule is CC1CCC(Cl)c2cc3c(cc21)CCC3. The maximum Gasteiger partial charge on any atom is 0.0588 e. The summed E-state index contributed by atoms with van der Waals surface area (Å²) in [6, 6.07) is 4.84. The van der Waals surface area contributed by atoms with Crippen molar-refractivity contribution >= 4 is 11.6 Å². The summed E-state index contributed by atoms with van der Waals surface area (Å²) in [5.41, 5.74) is 6.11. The Labute approximate surface area is 96.6 Å². The standard InChI is InChI=1S/C14H17Cl/c1-9-5-6-14(15)13-8-11-4-2-3-10(11)7-12(9)13/h7-9,14H,2-6H2,1H3. The average Bonchev–Trinajstić information content (AvgIpc) is 2.69. The van der Waals surface area contributed by atoms with E-state index in [0.29, 0.717) is 5.92 Å². The van der Waals surface area contributed by atoms with E-state index < -0.39 is 0 Å². The van der Waals surface area contributed by atoms with Gasteiger partial charge in [0.1, 0.15) is 0 Å². The van der Waals surface area contributed by atoms with Gasteiger partial charge < -0.3 is 0 Å². The number of alkyl halides is 1. The number of fused-ring (bicyclic) bond motifs is 2. The first kappa shape index (κ1) is 9.72. The van der Waals surface area contributed by atoms with Crippen LogP contribution in [-0.2, 0) is 12.8 Å². The van der Waals surface area contributed by atoms with Gasteiger partial charge in [0.15, 0.2) is 0 Å². The first-order chi connectivity index (χ1) is 7.25. The molecule has 0 bridgehead atoms. The van der Waals surface area contributed by atoms with Crippen molar-refractivity contribution in [2.24, 2.45) is 0 Å². The fraction of sp³-hybridized carbons (Fsp3) is 0.571. The maximum absolute atomic E-state index is 6.41. The Morgan fingerprint density at radius 1 is 1.07 bits per heavy atom. The highest BCUT2D eigenvalue weighted by Crippen LogP contribution is 2.42. The molecule has 1 aromatic rings. The number of benzene rings is 1. The lowest BCUT2D eigenvalue weighted by Gasteiger charge is -2.27. The number of rotatable bonds is 0. The van der Waals surface area contributed by atoms with E-state index in [9.17, 15) is 0 Å². The lowest BCUT2D eigenvalue weighted by molar-refractivity contribution is 0.578. The molecule has 0 radical (unpaired) electrons. The van der Waals surface area contributed by atoms with E-state index in [0.717, 1.165) is 6.42 Å². The maximum atomic E-state index is 6.41. The van der Waals surface area contributed by atoms with Gasteiger partial charge >= 0.3 is 0 Å². The third-order valence-corrected chi connectivity index (χ3v) is 4.47. The van der Waals surface area contributed by atoms with Gasteiger partial charge in [-0.3, -0.25) is 0 Å². The van der Waals surface area contributed by atoms with Crippen LogP contribution in [-0.4, -0.2) is 0 Å². The van der Waals surface area contributed by atoms with E-state index in [1.807, 2.05) is 0 Å². The molecule has 0 amide bonds. The molecule has 2 aliphatic rings. The predicted octanol–water partition coefficient (Wildman–Crippen LogP) is 4.35. The molecule has 1 aromatic carbocycles. The van der Waals surface area contributed by atoms with Crippen molar-refractivity contribution in [3.63, 3.8) is 0 Å². The fourth-order valence-corrected chi connectivity index (χ4v) is 3.38. The Morgan fingerprint density at radius 2 is 1.73 bits per heavy atom. The van der Waals surface area contributed by atoms with Crippen molar-refractivity contribution in [3.05, 3.63) is 34.4 Å². The normalized spacial score (nSPS) is 28.7. The predicted molar refractivity (Wildman–Crippen MR) is 64.7 cm³/mol. The molecule has 2 atom stereocenters. The molecule has 0 aromatic heterocycles. The Kier molecular flexibility index (Phi) is 2.28. The van der Waals surface area contributed by atoms with Gasteiger partial charge in [-0.05, 0) is 60.3 Å². The number of hydrogen-bond acceptors (Lipinski definition) is 0. The van der Waals surface area contributed by atoms with Gasteiger partial charge in [0, 0.05) is 0 Å². The van der Waals surface area contributed by atoms with Crippen molar-refractivity contribution in [1.82, 2.24) is 0 Å².